The molecule has 0 bridgehead atoms. The number of furan rings is 1. The Morgan fingerprint density at radius 3 is 3.14 bits per heavy atom. The SMILES string of the molecule is [2H]c1ccc(C=O)o1. The molecule has 0 saturated carbocycles. The van der Waals surface area contributed by atoms with Gasteiger partial charge in [-0.3, -0.25) is 4.79 Å². The molecule has 0 unspecified atom stereocenters. The second-order valence-electron chi connectivity index (χ2n) is 1.07. The number of carbonyl (C=O) groups is 1. The predicted molar refractivity (Wildman–Crippen MR) is 24.1 cm³/mol. The smallest absolute Gasteiger partial charge is 0.185 e. The van der Waals surface area contributed by atoms with Crippen LogP contribution in [0.1, 0.15) is 11.9 Å². The zero-order chi connectivity index (χ0) is 5.98. The summed E-state index contributed by atoms with van der Waals surface area (Å²) in [5.74, 6) is 0.204. The van der Waals surface area contributed by atoms with Crippen LogP contribution in [0.25, 0.3) is 0 Å². The number of rotatable bonds is 1. The van der Waals surface area contributed by atoms with Gasteiger partial charge in [-0.05, 0) is 12.1 Å². The van der Waals surface area contributed by atoms with Gasteiger partial charge in [-0.15, -0.1) is 0 Å². The normalized spacial score (nSPS) is 10.6. The van der Waals surface area contributed by atoms with Crippen molar-refractivity contribution in [1.82, 2.24) is 0 Å². The molecule has 0 amide bonds. The fourth-order valence-electron chi connectivity index (χ4n) is 0.316. The van der Waals surface area contributed by atoms with Crippen molar-refractivity contribution >= 4 is 6.29 Å². The Hall–Kier alpha value is -1.05. The maximum atomic E-state index is 9.84. The van der Waals surface area contributed by atoms with Gasteiger partial charge in [0.2, 0.25) is 0 Å². The first-order valence-corrected chi connectivity index (χ1v) is 1.84. The lowest BCUT2D eigenvalue weighted by molar-refractivity contribution is 0.110. The fraction of sp³-hybridized carbons (Fsp3) is 0. The van der Waals surface area contributed by atoms with Crippen LogP contribution in [0, 0.1) is 0 Å². The Bertz CT molecular complexity index is 192. The minimum atomic E-state index is 0.0205. The van der Waals surface area contributed by atoms with E-state index in [1.165, 1.54) is 12.1 Å². The van der Waals surface area contributed by atoms with Crippen LogP contribution in [0.5, 0.6) is 0 Å². The van der Waals surface area contributed by atoms with E-state index in [4.69, 9.17) is 1.37 Å². The summed E-state index contributed by atoms with van der Waals surface area (Å²) in [5, 5.41) is 0. The highest BCUT2D eigenvalue weighted by Crippen LogP contribution is 1.92. The Morgan fingerprint density at radius 2 is 2.86 bits per heavy atom. The molecule has 0 aliphatic rings. The van der Waals surface area contributed by atoms with Crippen LogP contribution in [0.15, 0.2) is 22.8 Å². The van der Waals surface area contributed by atoms with Gasteiger partial charge in [-0.1, -0.05) is 0 Å². The molecular formula is C5H4O2. The molecule has 36 valence electrons. The predicted octanol–water partition coefficient (Wildman–Crippen LogP) is 1.09. The van der Waals surface area contributed by atoms with Crippen molar-refractivity contribution < 1.29 is 10.6 Å². The number of hydrogen-bond acceptors (Lipinski definition) is 2. The van der Waals surface area contributed by atoms with E-state index in [-0.39, 0.29) is 12.0 Å². The van der Waals surface area contributed by atoms with Crippen molar-refractivity contribution in [1.29, 1.82) is 0 Å². The lowest BCUT2D eigenvalue weighted by Crippen LogP contribution is -1.65. The van der Waals surface area contributed by atoms with Crippen LogP contribution in [0.4, 0.5) is 0 Å². The number of hydrogen-bond donors (Lipinski definition) is 0. The molecule has 0 spiro atoms. The molecule has 0 atom stereocenters. The van der Waals surface area contributed by atoms with E-state index in [1.54, 1.807) is 0 Å². The third-order valence-corrected chi connectivity index (χ3v) is 0.609. The van der Waals surface area contributed by atoms with Crippen molar-refractivity contribution in [2.24, 2.45) is 0 Å². The summed E-state index contributed by atoms with van der Waals surface area (Å²) in [6.07, 6.45) is 0.588. The Labute approximate surface area is 42.2 Å². The van der Waals surface area contributed by atoms with Crippen LogP contribution < -0.4 is 0 Å². The van der Waals surface area contributed by atoms with E-state index in [0.29, 0.717) is 6.29 Å². The maximum absolute atomic E-state index is 9.84. The largest absolute Gasteiger partial charge is 0.462 e. The second kappa shape index (κ2) is 1.60. The molecule has 1 aromatic rings. The minimum absolute atomic E-state index is 0.0205. The summed E-state index contributed by atoms with van der Waals surface area (Å²) in [6, 6.07) is 2.87. The van der Waals surface area contributed by atoms with E-state index in [0.717, 1.165) is 0 Å². The van der Waals surface area contributed by atoms with Gasteiger partial charge >= 0.3 is 0 Å². The van der Waals surface area contributed by atoms with Crippen LogP contribution in [0.2, 0.25) is 0 Å². The van der Waals surface area contributed by atoms with Crippen LogP contribution in [-0.2, 0) is 0 Å². The molecule has 7 heavy (non-hydrogen) atoms. The molecule has 0 N–H and O–H groups in total. The minimum Gasteiger partial charge on any atom is -0.462 e. The molecule has 2 nitrogen and oxygen atoms in total. The molecular weight excluding hydrogens is 92.1 g/mol. The first-order chi connectivity index (χ1) is 3.83. The van der Waals surface area contributed by atoms with Crippen molar-refractivity contribution in [2.75, 3.05) is 0 Å². The van der Waals surface area contributed by atoms with E-state index in [1.807, 2.05) is 0 Å². The highest BCUT2D eigenvalue weighted by Gasteiger charge is 1.84. The van der Waals surface area contributed by atoms with Gasteiger partial charge in [0.1, 0.15) is 1.37 Å². The van der Waals surface area contributed by atoms with E-state index >= 15 is 0 Å². The topological polar surface area (TPSA) is 30.2 Å². The monoisotopic (exact) mass is 97.0 g/mol. The second-order valence-corrected chi connectivity index (χ2v) is 1.07. The summed E-state index contributed by atoms with van der Waals surface area (Å²) in [6.45, 7) is 0. The van der Waals surface area contributed by atoms with Gasteiger partial charge < -0.3 is 4.42 Å². The van der Waals surface area contributed by atoms with Crippen LogP contribution in [0.3, 0.4) is 0 Å². The van der Waals surface area contributed by atoms with Crippen molar-refractivity contribution in [3.63, 3.8) is 0 Å². The third-order valence-electron chi connectivity index (χ3n) is 0.609. The molecule has 1 aromatic heterocycles. The fourth-order valence-corrected chi connectivity index (χ4v) is 0.316. The number of carbonyl (C=O) groups excluding carboxylic acids is 1. The molecule has 0 radical (unpaired) electrons. The molecule has 0 saturated heterocycles. The number of aldehydes is 1. The van der Waals surface area contributed by atoms with Crippen LogP contribution >= 0.6 is 0 Å². The Kier molecular flexibility index (Phi) is 0.689. The molecule has 0 aromatic carbocycles. The zero-order valence-corrected chi connectivity index (χ0v) is 3.55. The average molecular weight is 97.1 g/mol. The average Bonchev–Trinajstić information content (AvgIpc) is 2.14. The molecule has 1 heterocycles. The van der Waals surface area contributed by atoms with Gasteiger partial charge in [-0.25, -0.2) is 0 Å². The Morgan fingerprint density at radius 1 is 2.00 bits per heavy atom. The highest BCUT2D eigenvalue weighted by atomic mass is 16.3. The van der Waals surface area contributed by atoms with E-state index < -0.39 is 0 Å². The van der Waals surface area contributed by atoms with Gasteiger partial charge in [-0.2, -0.15) is 0 Å². The first kappa shape index (κ1) is 3.02. The van der Waals surface area contributed by atoms with Gasteiger partial charge in [0.15, 0.2) is 12.0 Å². The summed E-state index contributed by atoms with van der Waals surface area (Å²) >= 11 is 0. The van der Waals surface area contributed by atoms with Crippen LogP contribution in [-0.4, -0.2) is 6.29 Å². The molecule has 0 fully saturated rings. The molecule has 2 heteroatoms. The summed E-state index contributed by atoms with van der Waals surface area (Å²) < 4.78 is 11.3. The van der Waals surface area contributed by atoms with Crippen molar-refractivity contribution in [3.05, 3.63) is 24.1 Å². The standard InChI is InChI=1S/C5H4O2/c6-4-5-2-1-3-7-5/h1-4H/i3D. The lowest BCUT2D eigenvalue weighted by atomic mass is 10.5. The van der Waals surface area contributed by atoms with E-state index in [2.05, 4.69) is 4.42 Å². The lowest BCUT2D eigenvalue weighted by Gasteiger charge is -1.68. The third kappa shape index (κ3) is 0.682. The van der Waals surface area contributed by atoms with Gasteiger partial charge in [0, 0.05) is 0 Å². The van der Waals surface area contributed by atoms with Crippen molar-refractivity contribution in [2.45, 2.75) is 0 Å². The molecule has 0 aliphatic heterocycles. The highest BCUT2D eigenvalue weighted by molar-refractivity contribution is 5.69. The Balaban J connectivity index is 3.00. The summed E-state index contributed by atoms with van der Waals surface area (Å²) in [5.41, 5.74) is 0. The maximum Gasteiger partial charge on any atom is 0.185 e. The van der Waals surface area contributed by atoms with Gasteiger partial charge in [0.25, 0.3) is 0 Å². The first-order valence-electron chi connectivity index (χ1n) is 2.34. The summed E-state index contributed by atoms with van der Waals surface area (Å²) in [4.78, 5) is 9.84. The van der Waals surface area contributed by atoms with Crippen molar-refractivity contribution in [3.8, 4) is 0 Å². The zero-order valence-electron chi connectivity index (χ0n) is 4.55. The molecule has 1 rings (SSSR count). The van der Waals surface area contributed by atoms with Gasteiger partial charge in [0.05, 0.1) is 6.24 Å². The summed E-state index contributed by atoms with van der Waals surface area (Å²) in [7, 11) is 0. The quantitative estimate of drug-likeness (QED) is 0.491. The van der Waals surface area contributed by atoms with E-state index in [9.17, 15) is 4.79 Å². The molecule has 0 aliphatic carbocycles.